The van der Waals surface area contributed by atoms with Crippen LogP contribution in [0, 0.1) is 5.92 Å². The van der Waals surface area contributed by atoms with Crippen LogP contribution in [-0.2, 0) is 4.79 Å². The summed E-state index contributed by atoms with van der Waals surface area (Å²) in [5.74, 6) is 1.20. The largest absolute Gasteiger partial charge is 0.343 e. The summed E-state index contributed by atoms with van der Waals surface area (Å²) in [5, 5.41) is 0. The van der Waals surface area contributed by atoms with Crippen molar-refractivity contribution in [2.24, 2.45) is 5.92 Å². The first-order valence-corrected chi connectivity index (χ1v) is 6.98. The Labute approximate surface area is 100 Å². The summed E-state index contributed by atoms with van der Waals surface area (Å²) in [6, 6.07) is 0. The van der Waals surface area contributed by atoms with Gasteiger partial charge >= 0.3 is 0 Å². The second-order valence-corrected chi connectivity index (χ2v) is 5.43. The predicted octanol–water partition coefficient (Wildman–Crippen LogP) is 3.61. The average molecular weight is 225 g/mol. The molecular weight excluding hydrogens is 198 g/mol. The van der Waals surface area contributed by atoms with Crippen molar-refractivity contribution >= 4 is 5.91 Å². The minimum Gasteiger partial charge on any atom is -0.343 e. The van der Waals surface area contributed by atoms with Crippen LogP contribution in [0.2, 0.25) is 0 Å². The fraction of sp³-hybridized carbons (Fsp3) is 0.929. The molecule has 1 saturated heterocycles. The highest BCUT2D eigenvalue weighted by atomic mass is 16.2. The molecule has 2 heteroatoms. The van der Waals surface area contributed by atoms with Gasteiger partial charge in [-0.1, -0.05) is 33.1 Å². The first-order valence-electron chi connectivity index (χ1n) is 6.98. The van der Waals surface area contributed by atoms with E-state index in [1.807, 2.05) is 0 Å². The topological polar surface area (TPSA) is 20.3 Å². The van der Waals surface area contributed by atoms with Crippen molar-refractivity contribution in [3.8, 4) is 0 Å². The zero-order valence-corrected chi connectivity index (χ0v) is 11.0. The van der Waals surface area contributed by atoms with E-state index < -0.39 is 0 Å². The Morgan fingerprint density at radius 1 is 1.06 bits per heavy atom. The van der Waals surface area contributed by atoms with E-state index in [1.165, 1.54) is 38.5 Å². The summed E-state index contributed by atoms with van der Waals surface area (Å²) in [4.78, 5) is 13.9. The number of unbranched alkanes of at least 4 members (excludes halogenated alkanes) is 2. The van der Waals surface area contributed by atoms with Crippen molar-refractivity contribution in [3.63, 3.8) is 0 Å². The molecule has 0 saturated carbocycles. The first-order chi connectivity index (χ1) is 7.70. The average Bonchev–Trinajstić information content (AvgIpc) is 2.29. The van der Waals surface area contributed by atoms with E-state index in [1.54, 1.807) is 0 Å². The molecule has 0 bridgehead atoms. The van der Waals surface area contributed by atoms with Crippen LogP contribution in [0.4, 0.5) is 0 Å². The minimum atomic E-state index is 0.393. The highest BCUT2D eigenvalue weighted by Gasteiger charge is 2.15. The van der Waals surface area contributed by atoms with Gasteiger partial charge < -0.3 is 4.90 Å². The molecule has 1 heterocycles. The van der Waals surface area contributed by atoms with Crippen LogP contribution in [0.25, 0.3) is 0 Å². The number of nitrogens with zero attached hydrogens (tertiary/aromatic N) is 1. The summed E-state index contributed by atoms with van der Waals surface area (Å²) < 4.78 is 0. The number of likely N-dealkylation sites (tertiary alicyclic amines) is 1. The van der Waals surface area contributed by atoms with Crippen LogP contribution < -0.4 is 0 Å². The van der Waals surface area contributed by atoms with Crippen LogP contribution in [-0.4, -0.2) is 23.9 Å². The quantitative estimate of drug-likeness (QED) is 0.632. The van der Waals surface area contributed by atoms with Crippen LogP contribution in [0.3, 0.4) is 0 Å². The fourth-order valence-electron chi connectivity index (χ4n) is 2.31. The second-order valence-electron chi connectivity index (χ2n) is 5.43. The monoisotopic (exact) mass is 225 g/mol. The molecule has 0 aromatic rings. The van der Waals surface area contributed by atoms with E-state index in [0.717, 1.165) is 31.8 Å². The van der Waals surface area contributed by atoms with Gasteiger partial charge in [-0.3, -0.25) is 4.79 Å². The molecule has 1 rings (SSSR count). The molecule has 0 atom stereocenters. The van der Waals surface area contributed by atoms with E-state index in [0.29, 0.717) is 5.91 Å². The predicted molar refractivity (Wildman–Crippen MR) is 68.4 cm³/mol. The van der Waals surface area contributed by atoms with E-state index in [9.17, 15) is 4.79 Å². The smallest absolute Gasteiger partial charge is 0.222 e. The van der Waals surface area contributed by atoms with E-state index in [4.69, 9.17) is 0 Å². The summed E-state index contributed by atoms with van der Waals surface area (Å²) >= 11 is 0. The molecule has 2 nitrogen and oxygen atoms in total. The molecule has 1 aliphatic rings. The SMILES string of the molecule is CC(C)CCCCCC(=O)N1CCCCC1. The van der Waals surface area contributed by atoms with Crippen molar-refractivity contribution in [1.29, 1.82) is 0 Å². The number of carbonyl (C=O) groups excluding carboxylic acids is 1. The standard InChI is InChI=1S/C14H27NO/c1-13(2)9-5-3-6-10-14(16)15-11-7-4-8-12-15/h13H,3-12H2,1-2H3. The minimum absolute atomic E-state index is 0.393. The van der Waals surface area contributed by atoms with Gasteiger partial charge in [0.1, 0.15) is 0 Å². The van der Waals surface area contributed by atoms with Gasteiger partial charge in [-0.25, -0.2) is 0 Å². The third kappa shape index (κ3) is 5.53. The Kier molecular flexibility index (Phi) is 6.51. The lowest BCUT2D eigenvalue weighted by Gasteiger charge is -2.26. The highest BCUT2D eigenvalue weighted by Crippen LogP contribution is 2.13. The summed E-state index contributed by atoms with van der Waals surface area (Å²) in [6.07, 6.45) is 9.39. The van der Waals surface area contributed by atoms with Crippen LogP contribution in [0.5, 0.6) is 0 Å². The third-order valence-electron chi connectivity index (χ3n) is 3.38. The molecule has 0 aromatic carbocycles. The van der Waals surface area contributed by atoms with Crippen molar-refractivity contribution in [2.45, 2.75) is 65.2 Å². The molecule has 1 fully saturated rings. The van der Waals surface area contributed by atoms with Crippen molar-refractivity contribution in [2.75, 3.05) is 13.1 Å². The Balaban J connectivity index is 2.01. The maximum absolute atomic E-state index is 11.8. The number of carbonyl (C=O) groups is 1. The normalized spacial score (nSPS) is 16.8. The van der Waals surface area contributed by atoms with Gasteiger partial charge in [-0.2, -0.15) is 0 Å². The number of amides is 1. The van der Waals surface area contributed by atoms with Gasteiger partial charge in [-0.15, -0.1) is 0 Å². The fourth-order valence-corrected chi connectivity index (χ4v) is 2.31. The number of hydrogen-bond acceptors (Lipinski definition) is 1. The second kappa shape index (κ2) is 7.70. The third-order valence-corrected chi connectivity index (χ3v) is 3.38. The van der Waals surface area contributed by atoms with Gasteiger partial charge in [0.25, 0.3) is 0 Å². The van der Waals surface area contributed by atoms with Crippen molar-refractivity contribution < 1.29 is 4.79 Å². The Hall–Kier alpha value is -0.530. The molecule has 0 aromatic heterocycles. The summed E-state index contributed by atoms with van der Waals surface area (Å²) in [7, 11) is 0. The molecule has 1 amide bonds. The molecule has 0 N–H and O–H groups in total. The molecule has 1 aliphatic heterocycles. The van der Waals surface area contributed by atoms with Crippen LogP contribution in [0.15, 0.2) is 0 Å². The summed E-state index contributed by atoms with van der Waals surface area (Å²) in [5.41, 5.74) is 0. The van der Waals surface area contributed by atoms with Gasteiger partial charge in [0.15, 0.2) is 0 Å². The van der Waals surface area contributed by atoms with Gasteiger partial charge in [-0.05, 0) is 31.6 Å². The van der Waals surface area contributed by atoms with Gasteiger partial charge in [0.05, 0.1) is 0 Å². The molecule has 0 unspecified atom stereocenters. The lowest BCUT2D eigenvalue weighted by atomic mass is 10.0. The van der Waals surface area contributed by atoms with E-state index >= 15 is 0 Å². The Bertz CT molecular complexity index is 195. The zero-order valence-electron chi connectivity index (χ0n) is 11.0. The molecular formula is C14H27NO. The molecule has 16 heavy (non-hydrogen) atoms. The molecule has 94 valence electrons. The highest BCUT2D eigenvalue weighted by molar-refractivity contribution is 5.76. The van der Waals surface area contributed by atoms with E-state index in [2.05, 4.69) is 18.7 Å². The number of rotatable bonds is 6. The first kappa shape index (κ1) is 13.5. The zero-order chi connectivity index (χ0) is 11.8. The Morgan fingerprint density at radius 2 is 1.75 bits per heavy atom. The van der Waals surface area contributed by atoms with Crippen LogP contribution >= 0.6 is 0 Å². The van der Waals surface area contributed by atoms with Gasteiger partial charge in [0.2, 0.25) is 5.91 Å². The van der Waals surface area contributed by atoms with Gasteiger partial charge in [0, 0.05) is 19.5 Å². The molecule has 0 aliphatic carbocycles. The van der Waals surface area contributed by atoms with Crippen molar-refractivity contribution in [1.82, 2.24) is 4.90 Å². The van der Waals surface area contributed by atoms with Crippen molar-refractivity contribution in [3.05, 3.63) is 0 Å². The maximum atomic E-state index is 11.8. The van der Waals surface area contributed by atoms with E-state index in [-0.39, 0.29) is 0 Å². The maximum Gasteiger partial charge on any atom is 0.222 e. The number of hydrogen-bond donors (Lipinski definition) is 0. The van der Waals surface area contributed by atoms with Crippen LogP contribution in [0.1, 0.15) is 65.2 Å². The molecule has 0 spiro atoms. The Morgan fingerprint density at radius 3 is 2.38 bits per heavy atom. The molecule has 0 radical (unpaired) electrons. The summed E-state index contributed by atoms with van der Waals surface area (Å²) in [6.45, 7) is 6.54. The lowest BCUT2D eigenvalue weighted by molar-refractivity contribution is -0.132. The lowest BCUT2D eigenvalue weighted by Crippen LogP contribution is -2.35. The number of piperidine rings is 1.